The van der Waals surface area contributed by atoms with Gasteiger partial charge >= 0.3 is 0 Å². The van der Waals surface area contributed by atoms with Crippen LogP contribution in [0.1, 0.15) is 5.56 Å². The summed E-state index contributed by atoms with van der Waals surface area (Å²) in [6, 6.07) is 12.7. The fourth-order valence-electron chi connectivity index (χ4n) is 1.23. The summed E-state index contributed by atoms with van der Waals surface area (Å²) in [7, 11) is 0. The van der Waals surface area contributed by atoms with E-state index < -0.39 is 0 Å². The number of rotatable bonds is 0. The molecule has 90 valence electrons. The maximum atomic E-state index is 5.54. The second kappa shape index (κ2) is 5.65. The predicted octanol–water partition coefficient (Wildman–Crippen LogP) is 2.01. The highest BCUT2D eigenvalue weighted by atomic mass is 14.6. The lowest BCUT2D eigenvalue weighted by atomic mass is 10.2. The topological polar surface area (TPSA) is 104 Å². The molecule has 0 amide bonds. The van der Waals surface area contributed by atoms with Gasteiger partial charge in [-0.3, -0.25) is 0 Å². The van der Waals surface area contributed by atoms with Crippen molar-refractivity contribution in [2.75, 3.05) is 22.9 Å². The molecule has 17 heavy (non-hydrogen) atoms. The standard InChI is InChI=1S/C7H10N2.C6H8N2/c1-5-6(8)3-2-4-7(5)9;7-5-2-1-3-6(8)4-5/h2-4H,8-9H2,1H3;1-4H,7-8H2. The van der Waals surface area contributed by atoms with Crippen molar-refractivity contribution in [3.63, 3.8) is 0 Å². The Kier molecular flexibility index (Phi) is 4.22. The monoisotopic (exact) mass is 230 g/mol. The normalized spacial score (nSPS) is 9.24. The molecule has 0 saturated heterocycles. The lowest BCUT2D eigenvalue weighted by molar-refractivity contribution is 1.47. The number of nitrogens with two attached hydrogens (primary N) is 4. The fraction of sp³-hybridized carbons (Fsp3) is 0.0769. The summed E-state index contributed by atoms with van der Waals surface area (Å²) in [6.45, 7) is 1.91. The molecule has 0 radical (unpaired) electrons. The van der Waals surface area contributed by atoms with Crippen LogP contribution < -0.4 is 22.9 Å². The van der Waals surface area contributed by atoms with Crippen LogP contribution in [-0.2, 0) is 0 Å². The first-order valence-corrected chi connectivity index (χ1v) is 5.22. The summed E-state index contributed by atoms with van der Waals surface area (Å²) < 4.78 is 0. The molecule has 4 nitrogen and oxygen atoms in total. The fourth-order valence-corrected chi connectivity index (χ4v) is 1.23. The molecule has 0 spiro atoms. The van der Waals surface area contributed by atoms with Gasteiger partial charge in [-0.15, -0.1) is 0 Å². The van der Waals surface area contributed by atoms with Gasteiger partial charge in [0.05, 0.1) is 0 Å². The molecule has 0 aliphatic heterocycles. The maximum Gasteiger partial charge on any atom is 0.0364 e. The van der Waals surface area contributed by atoms with E-state index in [1.165, 1.54) is 0 Å². The molecule has 0 unspecified atom stereocenters. The van der Waals surface area contributed by atoms with Crippen LogP contribution in [-0.4, -0.2) is 0 Å². The summed E-state index contributed by atoms with van der Waals surface area (Å²) in [5.41, 5.74) is 25.8. The third kappa shape index (κ3) is 3.95. The van der Waals surface area contributed by atoms with Crippen LogP contribution in [0, 0.1) is 6.92 Å². The van der Waals surface area contributed by atoms with Gasteiger partial charge in [0.1, 0.15) is 0 Å². The Morgan fingerprint density at radius 1 is 0.706 bits per heavy atom. The SMILES string of the molecule is Cc1c(N)cccc1N.Nc1cccc(N)c1. The number of nitrogen functional groups attached to an aromatic ring is 4. The van der Waals surface area contributed by atoms with Gasteiger partial charge in [0, 0.05) is 22.7 Å². The predicted molar refractivity (Wildman–Crippen MR) is 75.3 cm³/mol. The van der Waals surface area contributed by atoms with E-state index in [1.54, 1.807) is 18.2 Å². The van der Waals surface area contributed by atoms with Crippen LogP contribution in [0.4, 0.5) is 22.7 Å². The maximum absolute atomic E-state index is 5.54. The van der Waals surface area contributed by atoms with Crippen LogP contribution in [0.5, 0.6) is 0 Å². The average molecular weight is 230 g/mol. The number of anilines is 4. The highest BCUT2D eigenvalue weighted by Crippen LogP contribution is 2.16. The molecule has 0 saturated carbocycles. The van der Waals surface area contributed by atoms with E-state index >= 15 is 0 Å². The quantitative estimate of drug-likeness (QED) is 0.519. The lowest BCUT2D eigenvalue weighted by Crippen LogP contribution is -1.94. The van der Waals surface area contributed by atoms with Crippen molar-refractivity contribution in [3.05, 3.63) is 48.0 Å². The van der Waals surface area contributed by atoms with Crippen LogP contribution >= 0.6 is 0 Å². The Morgan fingerprint density at radius 2 is 1.12 bits per heavy atom. The summed E-state index contributed by atoms with van der Waals surface area (Å²) in [5, 5.41) is 0. The molecule has 0 aliphatic rings. The molecular formula is C13H18N4. The smallest absolute Gasteiger partial charge is 0.0364 e. The third-order valence-corrected chi connectivity index (χ3v) is 2.33. The van der Waals surface area contributed by atoms with E-state index in [1.807, 2.05) is 31.2 Å². The molecule has 0 heterocycles. The molecule has 0 aromatic heterocycles. The second-order valence-electron chi connectivity index (χ2n) is 3.73. The van der Waals surface area contributed by atoms with E-state index in [-0.39, 0.29) is 0 Å². The van der Waals surface area contributed by atoms with E-state index in [4.69, 9.17) is 22.9 Å². The zero-order valence-electron chi connectivity index (χ0n) is 9.85. The Hall–Kier alpha value is -2.36. The van der Waals surface area contributed by atoms with Gasteiger partial charge in [-0.1, -0.05) is 12.1 Å². The lowest BCUT2D eigenvalue weighted by Gasteiger charge is -2.00. The van der Waals surface area contributed by atoms with E-state index in [2.05, 4.69) is 0 Å². The minimum atomic E-state index is 0.713. The molecule has 2 aromatic rings. The molecule has 2 aromatic carbocycles. The molecule has 0 fully saturated rings. The Balaban J connectivity index is 0.000000171. The van der Waals surface area contributed by atoms with Crippen LogP contribution in [0.2, 0.25) is 0 Å². The van der Waals surface area contributed by atoms with E-state index in [9.17, 15) is 0 Å². The van der Waals surface area contributed by atoms with Crippen LogP contribution in [0.3, 0.4) is 0 Å². The van der Waals surface area contributed by atoms with Crippen molar-refractivity contribution in [3.8, 4) is 0 Å². The van der Waals surface area contributed by atoms with Crippen molar-refractivity contribution >= 4 is 22.7 Å². The summed E-state index contributed by atoms with van der Waals surface area (Å²) >= 11 is 0. The Bertz CT molecular complexity index is 457. The molecule has 8 N–H and O–H groups in total. The van der Waals surface area contributed by atoms with Gasteiger partial charge in [0.2, 0.25) is 0 Å². The van der Waals surface area contributed by atoms with E-state index in [0.29, 0.717) is 11.4 Å². The van der Waals surface area contributed by atoms with Crippen molar-refractivity contribution in [1.29, 1.82) is 0 Å². The van der Waals surface area contributed by atoms with Gasteiger partial charge in [-0.25, -0.2) is 0 Å². The van der Waals surface area contributed by atoms with Gasteiger partial charge in [0.25, 0.3) is 0 Å². The van der Waals surface area contributed by atoms with Crippen LogP contribution in [0.25, 0.3) is 0 Å². The summed E-state index contributed by atoms with van der Waals surface area (Å²) in [4.78, 5) is 0. The van der Waals surface area contributed by atoms with Crippen molar-refractivity contribution in [2.24, 2.45) is 0 Å². The zero-order chi connectivity index (χ0) is 12.8. The summed E-state index contributed by atoms with van der Waals surface area (Å²) in [6.07, 6.45) is 0. The molecular weight excluding hydrogens is 212 g/mol. The first-order chi connectivity index (χ1) is 8.00. The average Bonchev–Trinajstić information content (AvgIpc) is 2.26. The zero-order valence-corrected chi connectivity index (χ0v) is 9.85. The minimum absolute atomic E-state index is 0.713. The van der Waals surface area contributed by atoms with Crippen molar-refractivity contribution in [1.82, 2.24) is 0 Å². The largest absolute Gasteiger partial charge is 0.399 e. The number of benzene rings is 2. The highest BCUT2D eigenvalue weighted by molar-refractivity contribution is 5.60. The van der Waals surface area contributed by atoms with E-state index in [0.717, 1.165) is 16.9 Å². The third-order valence-electron chi connectivity index (χ3n) is 2.33. The molecule has 0 aliphatic carbocycles. The van der Waals surface area contributed by atoms with Gasteiger partial charge in [0.15, 0.2) is 0 Å². The summed E-state index contributed by atoms with van der Waals surface area (Å²) in [5.74, 6) is 0. The highest BCUT2D eigenvalue weighted by Gasteiger charge is 1.93. The van der Waals surface area contributed by atoms with Gasteiger partial charge in [-0.05, 0) is 42.8 Å². The Labute approximate surface area is 101 Å². The number of hydrogen-bond acceptors (Lipinski definition) is 4. The van der Waals surface area contributed by atoms with Crippen LogP contribution in [0.15, 0.2) is 42.5 Å². The minimum Gasteiger partial charge on any atom is -0.399 e. The molecule has 4 heteroatoms. The Morgan fingerprint density at radius 3 is 1.41 bits per heavy atom. The molecule has 0 atom stereocenters. The van der Waals surface area contributed by atoms with Crippen molar-refractivity contribution < 1.29 is 0 Å². The molecule has 2 rings (SSSR count). The van der Waals surface area contributed by atoms with Crippen molar-refractivity contribution in [2.45, 2.75) is 6.92 Å². The van der Waals surface area contributed by atoms with Gasteiger partial charge in [-0.2, -0.15) is 0 Å². The molecule has 0 bridgehead atoms. The number of hydrogen-bond donors (Lipinski definition) is 4. The van der Waals surface area contributed by atoms with Gasteiger partial charge < -0.3 is 22.9 Å². The first kappa shape index (κ1) is 12.7. The first-order valence-electron chi connectivity index (χ1n) is 5.22. The second-order valence-corrected chi connectivity index (χ2v) is 3.73.